The summed E-state index contributed by atoms with van der Waals surface area (Å²) in [6.07, 6.45) is 1.24. The van der Waals surface area contributed by atoms with Crippen LogP contribution < -0.4 is 4.68 Å². The number of nitroso groups, excluding NO2 is 1. The van der Waals surface area contributed by atoms with Crippen molar-refractivity contribution in [2.45, 2.75) is 0 Å². The van der Waals surface area contributed by atoms with Gasteiger partial charge < -0.3 is 0 Å². The maximum absolute atomic E-state index is 12.8. The fourth-order valence-corrected chi connectivity index (χ4v) is 1.09. The van der Waals surface area contributed by atoms with Gasteiger partial charge in [-0.2, -0.15) is 5.10 Å². The largest absolute Gasteiger partial charge is 0.411 e. The lowest BCUT2D eigenvalue weighted by atomic mass is 10.3. The number of halogens is 2. The third-order valence-electron chi connectivity index (χ3n) is 1.78. The van der Waals surface area contributed by atoms with Crippen molar-refractivity contribution in [1.82, 2.24) is 10.1 Å². The number of rotatable bonds is 2. The van der Waals surface area contributed by atoms with Crippen molar-refractivity contribution in [3.05, 3.63) is 41.1 Å². The van der Waals surface area contributed by atoms with Crippen LogP contribution in [0.1, 0.15) is 0 Å². The van der Waals surface area contributed by atoms with Gasteiger partial charge in [0.25, 0.3) is 0 Å². The smallest absolute Gasteiger partial charge is 0.204 e. The van der Waals surface area contributed by atoms with E-state index >= 15 is 0 Å². The summed E-state index contributed by atoms with van der Waals surface area (Å²) in [5.41, 5.74) is 0.316. The predicted octanol–water partition coefficient (Wildman–Crippen LogP) is 1.36. The summed E-state index contributed by atoms with van der Waals surface area (Å²) in [4.78, 5) is 13.7. The third-order valence-corrected chi connectivity index (χ3v) is 1.78. The van der Waals surface area contributed by atoms with Gasteiger partial charge in [0.1, 0.15) is 0 Å². The van der Waals surface area contributed by atoms with Crippen LogP contribution in [-0.2, 0) is 0 Å². The molecule has 2 rings (SSSR count). The van der Waals surface area contributed by atoms with Crippen molar-refractivity contribution < 1.29 is 13.5 Å². The van der Waals surface area contributed by atoms with Crippen LogP contribution in [0.15, 0.2) is 29.7 Å². The Kier molecular flexibility index (Phi) is 2.20. The van der Waals surface area contributed by atoms with E-state index in [4.69, 9.17) is 0 Å². The molecule has 1 aromatic carbocycles. The summed E-state index contributed by atoms with van der Waals surface area (Å²) < 4.78 is 26.7. The minimum absolute atomic E-state index is 0.139. The number of H-pyrrole nitrogens is 1. The van der Waals surface area contributed by atoms with Crippen molar-refractivity contribution in [1.29, 1.82) is 0 Å². The minimum Gasteiger partial charge on any atom is -0.204 e. The molecule has 0 radical (unpaired) electrons. The van der Waals surface area contributed by atoms with Crippen molar-refractivity contribution in [2.75, 3.05) is 0 Å². The van der Waals surface area contributed by atoms with Crippen LogP contribution in [0.4, 0.5) is 14.7 Å². The number of aromatic amines is 1. The standard InChI is InChI=1S/C8H4F2N4O/c9-6-2-1-5(3-7(6)10)14-4-11-8(12-14)13-15/h1-4H/p+1. The van der Waals surface area contributed by atoms with E-state index in [-0.39, 0.29) is 5.95 Å². The van der Waals surface area contributed by atoms with Gasteiger partial charge in [0.2, 0.25) is 0 Å². The summed E-state index contributed by atoms with van der Waals surface area (Å²) in [5.74, 6) is -2.05. The molecule has 5 nitrogen and oxygen atoms in total. The molecule has 0 bridgehead atoms. The lowest BCUT2D eigenvalue weighted by molar-refractivity contribution is -0.656. The summed E-state index contributed by atoms with van der Waals surface area (Å²) in [5, 5.41) is 5.01. The first kappa shape index (κ1) is 9.38. The van der Waals surface area contributed by atoms with Gasteiger partial charge in [-0.1, -0.05) is 0 Å². The topological polar surface area (TPSA) is 62.0 Å². The molecule has 1 aromatic heterocycles. The lowest BCUT2D eigenvalue weighted by Gasteiger charge is -1.95. The Hall–Kier alpha value is -2.18. The van der Waals surface area contributed by atoms with Gasteiger partial charge in [-0.3, -0.25) is 0 Å². The fourth-order valence-electron chi connectivity index (χ4n) is 1.09. The van der Waals surface area contributed by atoms with E-state index in [9.17, 15) is 13.7 Å². The molecule has 0 aliphatic heterocycles. The van der Waals surface area contributed by atoms with Gasteiger partial charge in [-0.15, -0.1) is 9.59 Å². The van der Waals surface area contributed by atoms with Crippen LogP contribution >= 0.6 is 0 Å². The first-order valence-corrected chi connectivity index (χ1v) is 3.96. The highest BCUT2D eigenvalue weighted by atomic mass is 19.2. The molecule has 2 aromatic rings. The van der Waals surface area contributed by atoms with Gasteiger partial charge in [0, 0.05) is 11.2 Å². The molecule has 0 saturated carbocycles. The molecule has 0 aliphatic carbocycles. The van der Waals surface area contributed by atoms with Gasteiger partial charge in [0.15, 0.2) is 17.3 Å². The van der Waals surface area contributed by atoms with Crippen molar-refractivity contribution in [2.24, 2.45) is 5.18 Å². The van der Waals surface area contributed by atoms with Crippen LogP contribution in [0.3, 0.4) is 0 Å². The molecule has 7 heteroatoms. The zero-order valence-corrected chi connectivity index (χ0v) is 7.32. The Morgan fingerprint density at radius 1 is 1.33 bits per heavy atom. The van der Waals surface area contributed by atoms with Crippen LogP contribution in [0.5, 0.6) is 0 Å². The van der Waals surface area contributed by atoms with Gasteiger partial charge >= 0.3 is 12.3 Å². The van der Waals surface area contributed by atoms with Crippen molar-refractivity contribution in [3.63, 3.8) is 0 Å². The molecule has 0 aliphatic rings. The highest BCUT2D eigenvalue weighted by molar-refractivity contribution is 5.23. The quantitative estimate of drug-likeness (QED) is 0.602. The molecule has 1 heterocycles. The van der Waals surface area contributed by atoms with E-state index in [1.165, 1.54) is 17.1 Å². The number of nitrogens with one attached hydrogen (secondary N) is 1. The Labute approximate surface area is 82.3 Å². The van der Waals surface area contributed by atoms with Crippen LogP contribution in [-0.4, -0.2) is 10.1 Å². The summed E-state index contributed by atoms with van der Waals surface area (Å²) >= 11 is 0. The average Bonchev–Trinajstić information content (AvgIpc) is 2.70. The Balaban J connectivity index is 2.44. The number of hydrogen-bond acceptors (Lipinski definition) is 3. The van der Waals surface area contributed by atoms with E-state index < -0.39 is 11.6 Å². The molecule has 0 unspecified atom stereocenters. The maximum Gasteiger partial charge on any atom is 0.411 e. The number of aromatic nitrogens is 3. The lowest BCUT2D eigenvalue weighted by Crippen LogP contribution is -2.31. The summed E-state index contributed by atoms with van der Waals surface area (Å²) in [6, 6.07) is 3.29. The molecule has 76 valence electrons. The molecular formula is C8H5F2N4O+. The number of benzene rings is 1. The Morgan fingerprint density at radius 2 is 2.13 bits per heavy atom. The fraction of sp³-hybridized carbons (Fsp3) is 0. The van der Waals surface area contributed by atoms with Gasteiger partial charge in [-0.05, 0) is 17.1 Å². The van der Waals surface area contributed by atoms with Crippen LogP contribution in [0.25, 0.3) is 5.69 Å². The van der Waals surface area contributed by atoms with E-state index in [0.29, 0.717) is 5.69 Å². The monoisotopic (exact) mass is 211 g/mol. The molecule has 15 heavy (non-hydrogen) atoms. The second kappa shape index (κ2) is 3.52. The molecule has 0 atom stereocenters. The second-order valence-electron chi connectivity index (χ2n) is 2.74. The van der Waals surface area contributed by atoms with Gasteiger partial charge in [-0.25, -0.2) is 8.78 Å². The third kappa shape index (κ3) is 1.71. The zero-order chi connectivity index (χ0) is 10.8. The van der Waals surface area contributed by atoms with Crippen LogP contribution in [0.2, 0.25) is 0 Å². The molecule has 0 amide bonds. The first-order chi connectivity index (χ1) is 7.20. The molecule has 0 spiro atoms. The number of nitrogens with zero attached hydrogens (tertiary/aromatic N) is 3. The minimum atomic E-state index is -0.977. The van der Waals surface area contributed by atoms with Crippen molar-refractivity contribution in [3.8, 4) is 5.69 Å². The molecule has 0 saturated heterocycles. The Bertz CT molecular complexity index is 511. The molecular weight excluding hydrogens is 206 g/mol. The van der Waals surface area contributed by atoms with Gasteiger partial charge in [0.05, 0.1) is 0 Å². The average molecular weight is 211 g/mol. The van der Waals surface area contributed by atoms with E-state index in [2.05, 4.69) is 15.3 Å². The van der Waals surface area contributed by atoms with Crippen LogP contribution in [0, 0.1) is 16.5 Å². The number of hydrogen-bond donors (Lipinski definition) is 1. The zero-order valence-electron chi connectivity index (χ0n) is 7.32. The van der Waals surface area contributed by atoms with E-state index in [0.717, 1.165) is 12.1 Å². The maximum atomic E-state index is 12.8. The normalized spacial score (nSPS) is 10.3. The highest BCUT2D eigenvalue weighted by Crippen LogP contribution is 2.08. The van der Waals surface area contributed by atoms with Crippen molar-refractivity contribution >= 4 is 5.95 Å². The molecule has 0 fully saturated rings. The summed E-state index contributed by atoms with van der Waals surface area (Å²) in [7, 11) is 0. The Morgan fingerprint density at radius 3 is 2.73 bits per heavy atom. The van der Waals surface area contributed by atoms with E-state index in [1.807, 2.05) is 0 Å². The second-order valence-corrected chi connectivity index (χ2v) is 2.74. The molecule has 1 N–H and O–H groups in total. The summed E-state index contributed by atoms with van der Waals surface area (Å²) in [6.45, 7) is 0. The highest BCUT2D eigenvalue weighted by Gasteiger charge is 2.12. The van der Waals surface area contributed by atoms with E-state index in [1.54, 1.807) is 0 Å². The predicted molar refractivity (Wildman–Crippen MR) is 45.5 cm³/mol. The first-order valence-electron chi connectivity index (χ1n) is 3.96. The SMILES string of the molecule is O=Nc1nc[n+](-c2ccc(F)c(F)c2)[nH]1.